The Balaban J connectivity index is 0.000000176. The Hall–Kier alpha value is -11.7. The van der Waals surface area contributed by atoms with Crippen molar-refractivity contribution in [1.29, 1.82) is 0 Å². The number of nitrogens with two attached hydrogens (primary N) is 1. The zero-order valence-electron chi connectivity index (χ0n) is 65.1. The lowest BCUT2D eigenvalue weighted by Gasteiger charge is -2.36. The number of anilines is 8. The molecule has 0 saturated carbocycles. The Morgan fingerprint density at radius 1 is 0.393 bits per heavy atom. The molecule has 588 valence electrons. The summed E-state index contributed by atoms with van der Waals surface area (Å²) in [5, 5.41) is 20.8. The van der Waals surface area contributed by atoms with Gasteiger partial charge in [-0.25, -0.2) is 24.0 Å². The Labute approximate surface area is 665 Å². The van der Waals surface area contributed by atoms with Crippen molar-refractivity contribution in [2.75, 3.05) is 134 Å². The summed E-state index contributed by atoms with van der Waals surface area (Å²) in [5.41, 5.74) is 18.0. The first-order valence-electron chi connectivity index (χ1n) is 37.8. The van der Waals surface area contributed by atoms with E-state index < -0.39 is 23.3 Å². The number of nitrogen functional groups attached to an aromatic ring is 1. The van der Waals surface area contributed by atoms with Gasteiger partial charge in [0.2, 0.25) is 0 Å². The number of hydrogen-bond donors (Lipinski definition) is 6. The standard InChI is InChI=1S/C33H40N4O5.C23H24N4O.C13H17NO2.C12H15NO2.C8H7BrO2/c1-32(2,3)41-30(39)35-27-17-14-25(23-10-8-7-9-11-23)22-28(27)34-29(38)24-12-15-26(16-13-24)36-18-20-37(21-19-36)31(40)42-33(4,5)6;24-21-11-8-19(17-4-2-1-3-5-17)16-22(21)26-23(28)18-6-9-20(10-7-18)27-14-12-25-13-15-27;1-16-13(15)11-5-7-12(8-6-11)14-9-3-2-4-10-14;14-12(15)10-4-6-11(7-5-10)13-8-2-1-3-9-13;1-11-8(10)6-2-4-7(9)5-3-6/h7-17,22H,18-21H2,1-6H3,(H,34,38)(H,35,39);1-11,16,25H,12-15,24H2,(H,26,28);5-8H,2-4,9-10H2,1H3;4-7H,1-3,8-9H2,(H,14,15);2-5H,1H3. The number of nitrogens with one attached hydrogen (secondary N) is 4. The first-order chi connectivity index (χ1) is 53.8. The van der Waals surface area contributed by atoms with Crippen LogP contribution in [0, 0.1) is 0 Å². The number of rotatable bonds is 14. The van der Waals surface area contributed by atoms with Crippen molar-refractivity contribution in [3.05, 3.63) is 251 Å². The number of ether oxygens (including phenoxy) is 4. The van der Waals surface area contributed by atoms with Gasteiger partial charge in [0.1, 0.15) is 11.2 Å². The van der Waals surface area contributed by atoms with E-state index in [0.717, 1.165) is 96.1 Å². The van der Waals surface area contributed by atoms with Crippen LogP contribution in [0.2, 0.25) is 0 Å². The van der Waals surface area contributed by atoms with E-state index in [1.807, 2.05) is 185 Å². The summed E-state index contributed by atoms with van der Waals surface area (Å²) >= 11 is 3.26. The van der Waals surface area contributed by atoms with Gasteiger partial charge in [-0.1, -0.05) is 88.7 Å². The van der Waals surface area contributed by atoms with Crippen molar-refractivity contribution in [1.82, 2.24) is 10.2 Å². The van der Waals surface area contributed by atoms with Gasteiger partial charge < -0.3 is 70.2 Å². The molecule has 0 spiro atoms. The van der Waals surface area contributed by atoms with Gasteiger partial charge in [-0.2, -0.15) is 0 Å². The fourth-order valence-electron chi connectivity index (χ4n) is 12.6. The van der Waals surface area contributed by atoms with Crippen LogP contribution in [0.25, 0.3) is 22.3 Å². The molecule has 0 atom stereocenters. The molecule has 4 aliphatic heterocycles. The summed E-state index contributed by atoms with van der Waals surface area (Å²) in [7, 11) is 2.77. The molecule has 4 saturated heterocycles. The molecule has 23 heteroatoms. The van der Waals surface area contributed by atoms with Gasteiger partial charge in [0, 0.05) is 117 Å². The first-order valence-corrected chi connectivity index (χ1v) is 38.6. The van der Waals surface area contributed by atoms with Crippen molar-refractivity contribution in [3.63, 3.8) is 0 Å². The Morgan fingerprint density at radius 2 is 0.768 bits per heavy atom. The minimum atomic E-state index is -0.861. The lowest BCUT2D eigenvalue weighted by molar-refractivity contribution is 0.0239. The maximum atomic E-state index is 13.3. The maximum absolute atomic E-state index is 13.3. The lowest BCUT2D eigenvalue weighted by atomic mass is 10.0. The van der Waals surface area contributed by atoms with Crippen molar-refractivity contribution in [2.45, 2.75) is 91.3 Å². The van der Waals surface area contributed by atoms with Crippen LogP contribution in [0.5, 0.6) is 0 Å². The zero-order chi connectivity index (χ0) is 80.2. The SMILES string of the molecule is CC(C)(C)OC(=O)Nc1ccc(-c2ccccc2)cc1NC(=O)c1ccc(N2CCN(C(=O)OC(C)(C)C)CC2)cc1.COC(=O)c1ccc(Br)cc1.COC(=O)c1ccc(N2CCCCC2)cc1.Nc1ccc(-c2ccccc2)cc1NC(=O)c1ccc(N2CCNCC2)cc1.O=C(O)c1ccc(N2CCCCC2)cc1. The molecule has 13 rings (SSSR count). The second-order valence-electron chi connectivity index (χ2n) is 29.1. The summed E-state index contributed by atoms with van der Waals surface area (Å²) in [5.74, 6) is -1.92. The van der Waals surface area contributed by atoms with Crippen molar-refractivity contribution in [2.24, 2.45) is 0 Å². The van der Waals surface area contributed by atoms with Crippen LogP contribution >= 0.6 is 15.9 Å². The minimum Gasteiger partial charge on any atom is -0.478 e. The summed E-state index contributed by atoms with van der Waals surface area (Å²) in [6.07, 6.45) is 6.73. The molecule has 0 radical (unpaired) electrons. The van der Waals surface area contributed by atoms with Gasteiger partial charge >= 0.3 is 30.1 Å². The molecule has 0 unspecified atom stereocenters. The molecule has 9 aromatic rings. The van der Waals surface area contributed by atoms with Gasteiger partial charge in [0.15, 0.2) is 0 Å². The van der Waals surface area contributed by atoms with E-state index in [2.05, 4.69) is 66.3 Å². The fraction of sp³-hybridized carbons (Fsp3) is 0.315. The number of nitrogens with zero attached hydrogens (tertiary/aromatic N) is 5. The van der Waals surface area contributed by atoms with Gasteiger partial charge in [0.05, 0.1) is 53.7 Å². The summed E-state index contributed by atoms with van der Waals surface area (Å²) < 4.78 is 21.0. The van der Waals surface area contributed by atoms with E-state index in [1.54, 1.807) is 80.3 Å². The number of esters is 2. The molecule has 9 aromatic carbocycles. The van der Waals surface area contributed by atoms with Gasteiger partial charge in [0.25, 0.3) is 11.8 Å². The van der Waals surface area contributed by atoms with Crippen LogP contribution in [0.4, 0.5) is 55.1 Å². The number of aromatic carboxylic acids is 1. The van der Waals surface area contributed by atoms with Crippen molar-refractivity contribution >= 4 is 103 Å². The van der Waals surface area contributed by atoms with E-state index in [0.29, 0.717) is 76.7 Å². The average molecular weight is 1580 g/mol. The molecule has 7 N–H and O–H groups in total. The Kier molecular flexibility index (Phi) is 31.2. The molecule has 4 fully saturated rings. The highest BCUT2D eigenvalue weighted by molar-refractivity contribution is 9.10. The molecule has 112 heavy (non-hydrogen) atoms. The number of methoxy groups -OCH3 is 2. The number of hydrogen-bond acceptors (Lipinski definition) is 17. The van der Waals surface area contributed by atoms with Gasteiger partial charge in [-0.15, -0.1) is 0 Å². The largest absolute Gasteiger partial charge is 0.478 e. The topological polar surface area (TPSA) is 267 Å². The maximum Gasteiger partial charge on any atom is 0.412 e. The second-order valence-corrected chi connectivity index (χ2v) is 30.0. The Bertz CT molecular complexity index is 4540. The third kappa shape index (κ3) is 26.3. The van der Waals surface area contributed by atoms with Crippen molar-refractivity contribution < 1.29 is 57.6 Å². The second kappa shape index (κ2) is 41.4. The van der Waals surface area contributed by atoms with E-state index in [4.69, 9.17) is 20.3 Å². The number of benzene rings is 9. The zero-order valence-corrected chi connectivity index (χ0v) is 66.7. The predicted molar refractivity (Wildman–Crippen MR) is 451 cm³/mol. The van der Waals surface area contributed by atoms with E-state index in [9.17, 15) is 33.6 Å². The molecule has 0 aromatic heterocycles. The predicted octanol–water partition coefficient (Wildman–Crippen LogP) is 17.7. The smallest absolute Gasteiger partial charge is 0.412 e. The quantitative estimate of drug-likeness (QED) is 0.0336. The number of halogens is 1. The first kappa shape index (κ1) is 84.3. The average Bonchev–Trinajstić information content (AvgIpc) is 0.819. The summed E-state index contributed by atoms with van der Waals surface area (Å²) in [4.78, 5) is 94.7. The highest BCUT2D eigenvalue weighted by Crippen LogP contribution is 2.33. The summed E-state index contributed by atoms with van der Waals surface area (Å²) in [6, 6.07) is 67.9. The van der Waals surface area contributed by atoms with E-state index in [1.165, 1.54) is 58.4 Å². The number of amides is 4. The van der Waals surface area contributed by atoms with Crippen LogP contribution in [-0.4, -0.2) is 156 Å². The van der Waals surface area contributed by atoms with Crippen LogP contribution in [0.3, 0.4) is 0 Å². The van der Waals surface area contributed by atoms with Crippen molar-refractivity contribution in [3.8, 4) is 22.3 Å². The number of carbonyl (C=O) groups is 7. The monoisotopic (exact) mass is 1580 g/mol. The highest BCUT2D eigenvalue weighted by atomic mass is 79.9. The molecule has 0 bridgehead atoms. The third-order valence-electron chi connectivity index (χ3n) is 18.6. The summed E-state index contributed by atoms with van der Waals surface area (Å²) in [6.45, 7) is 21.7. The van der Waals surface area contributed by atoms with Gasteiger partial charge in [-0.3, -0.25) is 14.9 Å². The molecule has 4 heterocycles. The molecule has 4 aliphatic rings. The Morgan fingerprint density at radius 3 is 1.19 bits per heavy atom. The van der Waals surface area contributed by atoms with E-state index >= 15 is 0 Å². The number of piperidine rings is 2. The number of carboxylic acid groups (broad SMARTS) is 1. The normalized spacial score (nSPS) is 14.0. The molecule has 0 aliphatic carbocycles. The number of carbonyl (C=O) groups excluding carboxylic acids is 6. The molecule has 22 nitrogen and oxygen atoms in total. The van der Waals surface area contributed by atoms with Crippen LogP contribution in [0.15, 0.2) is 223 Å². The van der Waals surface area contributed by atoms with Crippen LogP contribution in [-0.2, 0) is 18.9 Å². The number of piperazine rings is 2. The molecular formula is C89H103BrN10O12. The van der Waals surface area contributed by atoms with Crippen LogP contribution < -0.4 is 46.6 Å². The molecular weight excluding hydrogens is 1480 g/mol. The third-order valence-corrected chi connectivity index (χ3v) is 19.1. The molecule has 4 amide bonds. The fourth-order valence-corrected chi connectivity index (χ4v) is 12.9. The van der Waals surface area contributed by atoms with Crippen LogP contribution in [0.1, 0.15) is 132 Å². The lowest BCUT2D eigenvalue weighted by Crippen LogP contribution is -2.50. The van der Waals surface area contributed by atoms with Gasteiger partial charge in [-0.05, 0) is 248 Å². The van der Waals surface area contributed by atoms with E-state index in [-0.39, 0.29) is 29.8 Å². The number of carboxylic acids is 1. The minimum absolute atomic E-state index is 0.163. The highest BCUT2D eigenvalue weighted by Gasteiger charge is 2.27.